The van der Waals surface area contributed by atoms with Crippen LogP contribution in [0, 0.1) is 27.7 Å². The second kappa shape index (κ2) is 4.12. The summed E-state index contributed by atoms with van der Waals surface area (Å²) in [6.45, 7) is 9.12. The van der Waals surface area contributed by atoms with E-state index < -0.39 is 0 Å². The lowest BCUT2D eigenvalue weighted by Gasteiger charge is -2.22. The van der Waals surface area contributed by atoms with E-state index in [1.165, 1.54) is 53.3 Å². The first kappa shape index (κ1) is 11.8. The maximum Gasteiger partial charge on any atom is -0.0114 e. The maximum atomic E-state index is 2.37. The normalized spacial score (nSPS) is 14.9. The van der Waals surface area contributed by atoms with Crippen LogP contribution in [0.15, 0.2) is 12.1 Å². The molecule has 0 aliphatic heterocycles. The molecule has 0 spiro atoms. The maximum absolute atomic E-state index is 2.37. The minimum atomic E-state index is 1.27. The molecule has 0 nitrogen and oxygen atoms in total. The molecule has 0 saturated carbocycles. The highest BCUT2D eigenvalue weighted by molar-refractivity contribution is 5.94. The summed E-state index contributed by atoms with van der Waals surface area (Å²) < 4.78 is 0. The second-order valence-corrected chi connectivity index (χ2v) is 5.83. The fraction of sp³-hybridized carbons (Fsp3) is 0.444. The van der Waals surface area contributed by atoms with Gasteiger partial charge in [0.2, 0.25) is 0 Å². The van der Waals surface area contributed by atoms with E-state index >= 15 is 0 Å². The number of rotatable bonds is 0. The Bertz CT molecular complexity index is 633. The topological polar surface area (TPSA) is 0 Å². The highest BCUT2D eigenvalue weighted by Gasteiger charge is 2.17. The SMILES string of the molecule is Cc1c(C)c(C)c2c3c(ccc2c1C)CCCC3. The summed E-state index contributed by atoms with van der Waals surface area (Å²) >= 11 is 0. The van der Waals surface area contributed by atoms with E-state index in [4.69, 9.17) is 0 Å². The first-order chi connectivity index (χ1) is 8.61. The molecule has 0 N–H and O–H groups in total. The van der Waals surface area contributed by atoms with Gasteiger partial charge in [-0.15, -0.1) is 0 Å². The van der Waals surface area contributed by atoms with Gasteiger partial charge in [-0.05, 0) is 97.5 Å². The zero-order chi connectivity index (χ0) is 12.9. The first-order valence-corrected chi connectivity index (χ1v) is 7.12. The van der Waals surface area contributed by atoms with E-state index in [0.29, 0.717) is 0 Å². The monoisotopic (exact) mass is 238 g/mol. The van der Waals surface area contributed by atoms with Crippen LogP contribution in [0.1, 0.15) is 46.2 Å². The average molecular weight is 238 g/mol. The molecule has 94 valence electrons. The van der Waals surface area contributed by atoms with Gasteiger partial charge in [-0.2, -0.15) is 0 Å². The van der Waals surface area contributed by atoms with Gasteiger partial charge in [0.1, 0.15) is 0 Å². The van der Waals surface area contributed by atoms with Crippen molar-refractivity contribution in [2.24, 2.45) is 0 Å². The van der Waals surface area contributed by atoms with Crippen LogP contribution in [0.3, 0.4) is 0 Å². The van der Waals surface area contributed by atoms with Crippen molar-refractivity contribution in [2.75, 3.05) is 0 Å². The molecule has 0 unspecified atom stereocenters. The smallest absolute Gasteiger partial charge is 0.0114 e. The standard InChI is InChI=1S/C18H22/c1-11-12(2)14(4)18-16(13(11)3)10-9-15-7-5-6-8-17(15)18/h9-10H,5-8H2,1-4H3. The van der Waals surface area contributed by atoms with Gasteiger partial charge in [0.05, 0.1) is 0 Å². The second-order valence-electron chi connectivity index (χ2n) is 5.83. The highest BCUT2D eigenvalue weighted by atomic mass is 14.2. The third-order valence-electron chi connectivity index (χ3n) is 5.00. The van der Waals surface area contributed by atoms with E-state index in [2.05, 4.69) is 39.8 Å². The van der Waals surface area contributed by atoms with Gasteiger partial charge >= 0.3 is 0 Å². The van der Waals surface area contributed by atoms with Crippen LogP contribution < -0.4 is 0 Å². The zero-order valence-corrected chi connectivity index (χ0v) is 12.0. The van der Waals surface area contributed by atoms with Crippen molar-refractivity contribution in [2.45, 2.75) is 53.4 Å². The van der Waals surface area contributed by atoms with Crippen molar-refractivity contribution in [1.82, 2.24) is 0 Å². The van der Waals surface area contributed by atoms with Gasteiger partial charge in [-0.3, -0.25) is 0 Å². The number of fused-ring (bicyclic) bond motifs is 3. The summed E-state index contributed by atoms with van der Waals surface area (Å²) in [4.78, 5) is 0. The van der Waals surface area contributed by atoms with E-state index in [1.54, 1.807) is 16.5 Å². The van der Waals surface area contributed by atoms with Crippen molar-refractivity contribution in [3.8, 4) is 0 Å². The molecule has 0 fully saturated rings. The van der Waals surface area contributed by atoms with Gasteiger partial charge in [-0.25, -0.2) is 0 Å². The molecule has 0 aromatic heterocycles. The largest absolute Gasteiger partial charge is 0.0581 e. The summed E-state index contributed by atoms with van der Waals surface area (Å²) in [5, 5.41) is 3.05. The molecule has 2 aromatic rings. The van der Waals surface area contributed by atoms with Gasteiger partial charge in [0.15, 0.2) is 0 Å². The van der Waals surface area contributed by atoms with Crippen LogP contribution in [0.5, 0.6) is 0 Å². The minimum absolute atomic E-state index is 1.27. The molecule has 0 heteroatoms. The Morgan fingerprint density at radius 2 is 1.39 bits per heavy atom. The molecule has 0 bridgehead atoms. The van der Waals surface area contributed by atoms with Gasteiger partial charge < -0.3 is 0 Å². The molecule has 0 radical (unpaired) electrons. The van der Waals surface area contributed by atoms with Crippen molar-refractivity contribution in [3.63, 3.8) is 0 Å². The number of hydrogen-bond donors (Lipinski definition) is 0. The molecule has 0 amide bonds. The summed E-state index contributed by atoms with van der Waals surface area (Å²) in [5.41, 5.74) is 9.17. The van der Waals surface area contributed by atoms with Gasteiger partial charge in [0, 0.05) is 0 Å². The molecule has 3 rings (SSSR count). The number of benzene rings is 2. The zero-order valence-electron chi connectivity index (χ0n) is 12.0. The molecule has 0 heterocycles. The van der Waals surface area contributed by atoms with E-state index in [1.807, 2.05) is 0 Å². The third kappa shape index (κ3) is 1.51. The fourth-order valence-electron chi connectivity index (χ4n) is 3.52. The molecule has 18 heavy (non-hydrogen) atoms. The van der Waals surface area contributed by atoms with Crippen LogP contribution in [0.4, 0.5) is 0 Å². The Morgan fingerprint density at radius 1 is 0.722 bits per heavy atom. The molecule has 0 saturated heterocycles. The molecule has 0 atom stereocenters. The Hall–Kier alpha value is -1.30. The van der Waals surface area contributed by atoms with Crippen LogP contribution >= 0.6 is 0 Å². The molecular formula is C18H22. The third-order valence-corrected chi connectivity index (χ3v) is 5.00. The van der Waals surface area contributed by atoms with Crippen LogP contribution in [-0.4, -0.2) is 0 Å². The Kier molecular flexibility index (Phi) is 2.69. The average Bonchev–Trinajstić information content (AvgIpc) is 2.41. The Balaban J connectivity index is 2.48. The lowest BCUT2D eigenvalue weighted by molar-refractivity contribution is 0.690. The molecule has 2 aromatic carbocycles. The predicted molar refractivity (Wildman–Crippen MR) is 79.5 cm³/mol. The summed E-state index contributed by atoms with van der Waals surface area (Å²) in [7, 11) is 0. The Labute approximate surface area is 110 Å². The van der Waals surface area contributed by atoms with Crippen molar-refractivity contribution in [3.05, 3.63) is 45.5 Å². The van der Waals surface area contributed by atoms with Gasteiger partial charge in [-0.1, -0.05) is 12.1 Å². The minimum Gasteiger partial charge on any atom is -0.0581 e. The lowest BCUT2D eigenvalue weighted by atomic mass is 9.82. The predicted octanol–water partition coefficient (Wildman–Crippen LogP) is 4.95. The molecular weight excluding hydrogens is 216 g/mol. The fourth-order valence-corrected chi connectivity index (χ4v) is 3.52. The molecule has 1 aliphatic carbocycles. The van der Waals surface area contributed by atoms with Crippen LogP contribution in [-0.2, 0) is 12.8 Å². The van der Waals surface area contributed by atoms with Crippen LogP contribution in [0.25, 0.3) is 10.8 Å². The summed E-state index contributed by atoms with van der Waals surface area (Å²) in [6.07, 6.45) is 5.27. The quantitative estimate of drug-likeness (QED) is 0.609. The van der Waals surface area contributed by atoms with Crippen molar-refractivity contribution >= 4 is 10.8 Å². The first-order valence-electron chi connectivity index (χ1n) is 7.12. The van der Waals surface area contributed by atoms with Crippen molar-refractivity contribution in [1.29, 1.82) is 0 Å². The lowest BCUT2D eigenvalue weighted by Crippen LogP contribution is -2.06. The Morgan fingerprint density at radius 3 is 2.17 bits per heavy atom. The summed E-state index contributed by atoms with van der Waals surface area (Å²) in [5.74, 6) is 0. The summed E-state index contributed by atoms with van der Waals surface area (Å²) in [6, 6.07) is 4.73. The van der Waals surface area contributed by atoms with Crippen molar-refractivity contribution < 1.29 is 0 Å². The highest BCUT2D eigenvalue weighted by Crippen LogP contribution is 2.35. The van der Waals surface area contributed by atoms with E-state index in [9.17, 15) is 0 Å². The van der Waals surface area contributed by atoms with E-state index in [-0.39, 0.29) is 0 Å². The number of aryl methyl sites for hydroxylation is 4. The van der Waals surface area contributed by atoms with Crippen LogP contribution in [0.2, 0.25) is 0 Å². The number of hydrogen-bond acceptors (Lipinski definition) is 0. The molecule has 1 aliphatic rings. The van der Waals surface area contributed by atoms with E-state index in [0.717, 1.165) is 0 Å². The van der Waals surface area contributed by atoms with Gasteiger partial charge in [0.25, 0.3) is 0 Å².